The highest BCUT2D eigenvalue weighted by Crippen LogP contribution is 2.24. The topological polar surface area (TPSA) is 3.88 Å². The van der Waals surface area contributed by atoms with E-state index in [2.05, 4.69) is 75.8 Å². The van der Waals surface area contributed by atoms with Gasteiger partial charge in [-0.25, -0.2) is 4.57 Å². The Morgan fingerprint density at radius 1 is 1.11 bits per heavy atom. The summed E-state index contributed by atoms with van der Waals surface area (Å²) in [6, 6.07) is 11.3. The fourth-order valence-electron chi connectivity index (χ4n) is 2.49. The second kappa shape index (κ2) is 5.56. The van der Waals surface area contributed by atoms with Gasteiger partial charge in [0.15, 0.2) is 6.20 Å². The summed E-state index contributed by atoms with van der Waals surface area (Å²) in [5, 5.41) is 0. The second-order valence-corrected chi connectivity index (χ2v) is 5.62. The van der Waals surface area contributed by atoms with Crippen LogP contribution in [0.5, 0.6) is 0 Å². The molecule has 0 fully saturated rings. The molecule has 0 saturated carbocycles. The molecule has 1 heterocycles. The Bertz CT molecular complexity index is 582. The van der Waals surface area contributed by atoms with Crippen LogP contribution in [0, 0.1) is 6.92 Å². The van der Waals surface area contributed by atoms with Crippen LogP contribution in [-0.4, -0.2) is 0 Å². The molecule has 1 aromatic carbocycles. The molecule has 0 atom stereocenters. The van der Waals surface area contributed by atoms with Gasteiger partial charge in [-0.15, -0.1) is 0 Å². The Morgan fingerprint density at radius 3 is 2.37 bits per heavy atom. The highest BCUT2D eigenvalue weighted by molar-refractivity contribution is 5.61. The Balaban J connectivity index is 2.47. The third kappa shape index (κ3) is 2.86. The van der Waals surface area contributed by atoms with Crippen molar-refractivity contribution in [2.75, 3.05) is 0 Å². The molecule has 0 radical (unpaired) electrons. The molecule has 1 heteroatoms. The van der Waals surface area contributed by atoms with Crippen LogP contribution < -0.4 is 4.57 Å². The number of hydrogen-bond donors (Lipinski definition) is 0. The molecule has 0 N–H and O–H groups in total. The minimum absolute atomic E-state index is 0.587. The van der Waals surface area contributed by atoms with Gasteiger partial charge in [0.05, 0.1) is 0 Å². The van der Waals surface area contributed by atoms with E-state index in [-0.39, 0.29) is 0 Å². The normalized spacial score (nSPS) is 11.1. The molecule has 0 aliphatic carbocycles. The summed E-state index contributed by atoms with van der Waals surface area (Å²) in [6.07, 6.45) is 3.31. The molecule has 0 aliphatic rings. The molecule has 0 bridgehead atoms. The van der Waals surface area contributed by atoms with Gasteiger partial charge in [-0.2, -0.15) is 0 Å². The number of hydrogen-bond acceptors (Lipinski definition) is 0. The Labute approximate surface area is 116 Å². The zero-order chi connectivity index (χ0) is 14.0. The molecular formula is C18H24N+. The van der Waals surface area contributed by atoms with E-state index in [1.165, 1.54) is 27.9 Å². The molecule has 0 unspecified atom stereocenters. The molecular weight excluding hydrogens is 230 g/mol. The van der Waals surface area contributed by atoms with Crippen LogP contribution in [0.4, 0.5) is 0 Å². The number of rotatable bonds is 3. The summed E-state index contributed by atoms with van der Waals surface area (Å²) < 4.78 is 2.23. The first-order valence-electron chi connectivity index (χ1n) is 7.12. The quantitative estimate of drug-likeness (QED) is 0.724. The Kier molecular flexibility index (Phi) is 4.04. The average molecular weight is 254 g/mol. The number of aryl methyl sites for hydroxylation is 3. The standard InChI is InChI=1S/C18H24N/c1-6-15-7-10-18(19(5)12-15)17-9-8-16(13(2)3)11-14(17)4/h7-13H,6H2,1-5H3/q+1. The van der Waals surface area contributed by atoms with Gasteiger partial charge in [-0.1, -0.05) is 32.9 Å². The van der Waals surface area contributed by atoms with E-state index in [1.807, 2.05) is 0 Å². The van der Waals surface area contributed by atoms with E-state index in [1.54, 1.807) is 0 Å². The Hall–Kier alpha value is -1.63. The van der Waals surface area contributed by atoms with Crippen molar-refractivity contribution in [3.63, 3.8) is 0 Å². The van der Waals surface area contributed by atoms with Crippen LogP contribution in [0.2, 0.25) is 0 Å². The van der Waals surface area contributed by atoms with Crippen molar-refractivity contribution in [1.82, 2.24) is 0 Å². The number of benzene rings is 1. The molecule has 2 aromatic rings. The minimum Gasteiger partial charge on any atom is -0.201 e. The maximum atomic E-state index is 2.31. The molecule has 100 valence electrons. The van der Waals surface area contributed by atoms with E-state index in [9.17, 15) is 0 Å². The number of pyridine rings is 1. The summed E-state index contributed by atoms with van der Waals surface area (Å²) >= 11 is 0. The van der Waals surface area contributed by atoms with E-state index in [4.69, 9.17) is 0 Å². The highest BCUT2D eigenvalue weighted by Gasteiger charge is 2.13. The molecule has 0 saturated heterocycles. The van der Waals surface area contributed by atoms with Crippen molar-refractivity contribution in [1.29, 1.82) is 0 Å². The van der Waals surface area contributed by atoms with Crippen molar-refractivity contribution in [3.8, 4) is 11.3 Å². The smallest absolute Gasteiger partial charge is 0.201 e. The van der Waals surface area contributed by atoms with Gasteiger partial charge in [0.1, 0.15) is 7.05 Å². The lowest BCUT2D eigenvalue weighted by Gasteiger charge is -2.10. The van der Waals surface area contributed by atoms with Crippen LogP contribution in [0.25, 0.3) is 11.3 Å². The van der Waals surface area contributed by atoms with Crippen molar-refractivity contribution in [3.05, 3.63) is 53.2 Å². The maximum Gasteiger partial charge on any atom is 0.212 e. The van der Waals surface area contributed by atoms with Gasteiger partial charge in [0.25, 0.3) is 0 Å². The monoisotopic (exact) mass is 254 g/mol. The molecule has 1 aromatic heterocycles. The first kappa shape index (κ1) is 13.8. The summed E-state index contributed by atoms with van der Waals surface area (Å²) in [5.41, 5.74) is 6.75. The van der Waals surface area contributed by atoms with Gasteiger partial charge >= 0.3 is 0 Å². The van der Waals surface area contributed by atoms with Crippen LogP contribution in [-0.2, 0) is 13.5 Å². The lowest BCUT2D eigenvalue weighted by Crippen LogP contribution is -2.31. The van der Waals surface area contributed by atoms with Gasteiger partial charge < -0.3 is 0 Å². The molecule has 0 spiro atoms. The lowest BCUT2D eigenvalue weighted by atomic mass is 9.96. The summed E-state index contributed by atoms with van der Waals surface area (Å²) in [5.74, 6) is 0.587. The van der Waals surface area contributed by atoms with Crippen molar-refractivity contribution in [2.24, 2.45) is 7.05 Å². The first-order valence-corrected chi connectivity index (χ1v) is 7.12. The SMILES string of the molecule is CCc1ccc(-c2ccc(C(C)C)cc2C)[n+](C)c1. The third-order valence-corrected chi connectivity index (χ3v) is 3.80. The molecule has 0 aliphatic heterocycles. The van der Waals surface area contributed by atoms with E-state index in [0.29, 0.717) is 5.92 Å². The summed E-state index contributed by atoms with van der Waals surface area (Å²) in [7, 11) is 2.13. The van der Waals surface area contributed by atoms with Crippen LogP contribution in [0.15, 0.2) is 36.5 Å². The molecule has 2 rings (SSSR count). The van der Waals surface area contributed by atoms with Crippen LogP contribution in [0.1, 0.15) is 43.4 Å². The van der Waals surface area contributed by atoms with Crippen molar-refractivity contribution < 1.29 is 4.57 Å². The highest BCUT2D eigenvalue weighted by atomic mass is 14.9. The second-order valence-electron chi connectivity index (χ2n) is 5.62. The number of aromatic nitrogens is 1. The molecule has 1 nitrogen and oxygen atoms in total. The van der Waals surface area contributed by atoms with Gasteiger partial charge in [0, 0.05) is 17.2 Å². The fourth-order valence-corrected chi connectivity index (χ4v) is 2.49. The van der Waals surface area contributed by atoms with Crippen molar-refractivity contribution >= 4 is 0 Å². The predicted octanol–water partition coefficient (Wildman–Crippen LogP) is 4.17. The first-order chi connectivity index (χ1) is 9.02. The molecule has 19 heavy (non-hydrogen) atoms. The van der Waals surface area contributed by atoms with E-state index >= 15 is 0 Å². The summed E-state index contributed by atoms with van der Waals surface area (Å²) in [4.78, 5) is 0. The number of nitrogens with zero attached hydrogens (tertiary/aromatic N) is 1. The third-order valence-electron chi connectivity index (χ3n) is 3.80. The largest absolute Gasteiger partial charge is 0.212 e. The average Bonchev–Trinajstić information content (AvgIpc) is 2.39. The van der Waals surface area contributed by atoms with Crippen LogP contribution >= 0.6 is 0 Å². The predicted molar refractivity (Wildman–Crippen MR) is 81.3 cm³/mol. The van der Waals surface area contributed by atoms with E-state index in [0.717, 1.165) is 6.42 Å². The van der Waals surface area contributed by atoms with Gasteiger partial charge in [-0.3, -0.25) is 0 Å². The van der Waals surface area contributed by atoms with Gasteiger partial charge in [0.2, 0.25) is 5.69 Å². The Morgan fingerprint density at radius 2 is 1.84 bits per heavy atom. The van der Waals surface area contributed by atoms with Gasteiger partial charge in [-0.05, 0) is 42.5 Å². The lowest BCUT2D eigenvalue weighted by molar-refractivity contribution is -0.660. The minimum atomic E-state index is 0.587. The van der Waals surface area contributed by atoms with Crippen LogP contribution in [0.3, 0.4) is 0 Å². The zero-order valence-electron chi connectivity index (χ0n) is 12.7. The molecule has 0 amide bonds. The summed E-state index contributed by atoms with van der Waals surface area (Å²) in [6.45, 7) is 8.88. The van der Waals surface area contributed by atoms with Crippen molar-refractivity contribution in [2.45, 2.75) is 40.0 Å². The van der Waals surface area contributed by atoms with E-state index < -0.39 is 0 Å². The fraction of sp³-hybridized carbons (Fsp3) is 0.389. The zero-order valence-corrected chi connectivity index (χ0v) is 12.7. The maximum absolute atomic E-state index is 2.31.